The molecule has 1 heterocycles. The van der Waals surface area contributed by atoms with Crippen LogP contribution in [0.25, 0.3) is 5.57 Å². The molecule has 1 atom stereocenters. The Morgan fingerprint density at radius 2 is 2.00 bits per heavy atom. The smallest absolute Gasteiger partial charge is 0.256 e. The summed E-state index contributed by atoms with van der Waals surface area (Å²) in [4.78, 5) is 14.1. The fraction of sp³-hybridized carbons (Fsp3) is 0.438. The lowest BCUT2D eigenvalue weighted by molar-refractivity contribution is -0.122. The van der Waals surface area contributed by atoms with Crippen molar-refractivity contribution in [3.05, 3.63) is 35.4 Å². The maximum Gasteiger partial charge on any atom is 0.256 e. The third kappa shape index (κ3) is 2.31. The normalized spacial score (nSPS) is 18.1. The van der Waals surface area contributed by atoms with Crippen LogP contribution in [0.3, 0.4) is 0 Å². The molecule has 1 aromatic carbocycles. The van der Waals surface area contributed by atoms with Gasteiger partial charge in [0.1, 0.15) is 6.04 Å². The summed E-state index contributed by atoms with van der Waals surface area (Å²) >= 11 is 0. The number of amides is 1. The third-order valence-electron chi connectivity index (χ3n) is 3.94. The van der Waals surface area contributed by atoms with E-state index < -0.39 is 0 Å². The van der Waals surface area contributed by atoms with E-state index in [0.717, 1.165) is 5.69 Å². The average molecular weight is 273 g/mol. The zero-order chi connectivity index (χ0) is 15.1. The van der Waals surface area contributed by atoms with Crippen LogP contribution in [0.15, 0.2) is 24.3 Å². The van der Waals surface area contributed by atoms with Crippen molar-refractivity contribution in [1.82, 2.24) is 5.43 Å². The minimum Gasteiger partial charge on any atom is -0.351 e. The summed E-state index contributed by atoms with van der Waals surface area (Å²) in [7, 11) is 0. The Kier molecular flexibility index (Phi) is 3.61. The predicted molar refractivity (Wildman–Crippen MR) is 83.2 cm³/mol. The van der Waals surface area contributed by atoms with E-state index in [1.807, 2.05) is 6.92 Å². The summed E-state index contributed by atoms with van der Waals surface area (Å²) in [6, 6.07) is 5.99. The molecule has 1 amide bonds. The number of aryl methyl sites for hydroxylation is 1. The highest BCUT2D eigenvalue weighted by Crippen LogP contribution is 2.40. The molecule has 1 aliphatic rings. The molecule has 0 unspecified atom stereocenters. The van der Waals surface area contributed by atoms with Gasteiger partial charge in [0, 0.05) is 11.3 Å². The van der Waals surface area contributed by atoms with Gasteiger partial charge in [0.2, 0.25) is 0 Å². The lowest BCUT2D eigenvalue weighted by Gasteiger charge is -2.46. The first-order valence-corrected chi connectivity index (χ1v) is 6.88. The molecule has 3 N–H and O–H groups in total. The van der Waals surface area contributed by atoms with Crippen molar-refractivity contribution in [2.45, 2.75) is 46.2 Å². The molecule has 0 spiro atoms. The SMILES string of the molecule is CC1=CC(C)(C)N([C@@H](C)C(=O)NN)c2ccc(C)cc21. The molecule has 4 heteroatoms. The van der Waals surface area contributed by atoms with Crippen molar-refractivity contribution in [3.63, 3.8) is 0 Å². The Bertz CT molecular complexity index is 575. The van der Waals surface area contributed by atoms with Gasteiger partial charge in [-0.25, -0.2) is 5.84 Å². The van der Waals surface area contributed by atoms with Gasteiger partial charge in [-0.2, -0.15) is 0 Å². The maximum atomic E-state index is 12.0. The van der Waals surface area contributed by atoms with Crippen LogP contribution in [0, 0.1) is 6.92 Å². The highest BCUT2D eigenvalue weighted by molar-refractivity contribution is 5.89. The number of rotatable bonds is 2. The summed E-state index contributed by atoms with van der Waals surface area (Å²) in [5.41, 5.74) is 6.73. The quantitative estimate of drug-likeness (QED) is 0.494. The van der Waals surface area contributed by atoms with Gasteiger partial charge < -0.3 is 4.90 Å². The summed E-state index contributed by atoms with van der Waals surface area (Å²) in [6.45, 7) is 10.3. The van der Waals surface area contributed by atoms with Gasteiger partial charge >= 0.3 is 0 Å². The van der Waals surface area contributed by atoms with E-state index in [1.165, 1.54) is 16.7 Å². The number of nitrogens with two attached hydrogens (primary N) is 1. The van der Waals surface area contributed by atoms with Crippen LogP contribution in [0.5, 0.6) is 0 Å². The van der Waals surface area contributed by atoms with Gasteiger partial charge in [-0.05, 0) is 52.3 Å². The van der Waals surface area contributed by atoms with Crippen LogP contribution in [0.1, 0.15) is 38.8 Å². The highest BCUT2D eigenvalue weighted by Gasteiger charge is 2.36. The number of fused-ring (bicyclic) bond motifs is 1. The van der Waals surface area contributed by atoms with Gasteiger partial charge in [-0.15, -0.1) is 0 Å². The Morgan fingerprint density at radius 3 is 2.60 bits per heavy atom. The molecule has 0 aliphatic carbocycles. The van der Waals surface area contributed by atoms with Crippen molar-refractivity contribution < 1.29 is 4.79 Å². The fourth-order valence-corrected chi connectivity index (χ4v) is 3.11. The molecule has 0 radical (unpaired) electrons. The lowest BCUT2D eigenvalue weighted by Crippen LogP contribution is -2.56. The Hall–Kier alpha value is -1.81. The number of nitrogens with one attached hydrogen (secondary N) is 1. The zero-order valence-electron chi connectivity index (χ0n) is 12.8. The van der Waals surface area contributed by atoms with Crippen molar-refractivity contribution >= 4 is 17.2 Å². The van der Waals surface area contributed by atoms with Gasteiger partial charge in [0.25, 0.3) is 5.91 Å². The second-order valence-electron chi connectivity index (χ2n) is 6.06. The molecule has 4 nitrogen and oxygen atoms in total. The second-order valence-corrected chi connectivity index (χ2v) is 6.06. The van der Waals surface area contributed by atoms with Crippen LogP contribution in [-0.4, -0.2) is 17.5 Å². The molecular weight excluding hydrogens is 250 g/mol. The largest absolute Gasteiger partial charge is 0.351 e. The molecule has 0 bridgehead atoms. The number of carbonyl (C=O) groups is 1. The number of nitrogens with zero attached hydrogens (tertiary/aromatic N) is 1. The molecule has 0 fully saturated rings. The highest BCUT2D eigenvalue weighted by atomic mass is 16.2. The first-order valence-electron chi connectivity index (χ1n) is 6.88. The summed E-state index contributed by atoms with van der Waals surface area (Å²) in [6.07, 6.45) is 2.20. The summed E-state index contributed by atoms with van der Waals surface area (Å²) in [5.74, 6) is 5.12. The van der Waals surface area contributed by atoms with E-state index in [-0.39, 0.29) is 17.5 Å². The van der Waals surface area contributed by atoms with Crippen LogP contribution in [-0.2, 0) is 4.79 Å². The predicted octanol–water partition coefficient (Wildman–Crippen LogP) is 2.38. The third-order valence-corrected chi connectivity index (χ3v) is 3.94. The van der Waals surface area contributed by atoms with Crippen LogP contribution < -0.4 is 16.2 Å². The minimum atomic E-state index is -0.333. The van der Waals surface area contributed by atoms with Crippen LogP contribution in [0.2, 0.25) is 0 Å². The Labute approximate surface area is 120 Å². The molecular formula is C16H23N3O. The lowest BCUT2D eigenvalue weighted by atomic mass is 9.86. The molecule has 0 saturated heterocycles. The molecule has 20 heavy (non-hydrogen) atoms. The minimum absolute atomic E-state index is 0.183. The van der Waals surface area contributed by atoms with Crippen molar-refractivity contribution in [1.29, 1.82) is 0 Å². The van der Waals surface area contributed by atoms with Crippen molar-refractivity contribution in [2.75, 3.05) is 4.90 Å². The standard InChI is InChI=1S/C16H23N3O/c1-10-6-7-14-13(8-10)11(2)9-16(4,5)19(14)12(3)15(20)18-17/h6-9,12H,17H2,1-5H3,(H,18,20)/t12-/m0/s1. The monoisotopic (exact) mass is 273 g/mol. The molecule has 2 rings (SSSR count). The summed E-state index contributed by atoms with van der Waals surface area (Å²) < 4.78 is 0. The maximum absolute atomic E-state index is 12.0. The van der Waals surface area contributed by atoms with Gasteiger partial charge in [0.15, 0.2) is 0 Å². The molecule has 1 aliphatic heterocycles. The van der Waals surface area contributed by atoms with Gasteiger partial charge in [-0.1, -0.05) is 17.7 Å². The van der Waals surface area contributed by atoms with Crippen LogP contribution in [0.4, 0.5) is 5.69 Å². The number of allylic oxidation sites excluding steroid dienone is 1. The van der Waals surface area contributed by atoms with E-state index in [2.05, 4.69) is 62.3 Å². The van der Waals surface area contributed by atoms with Gasteiger partial charge in [0.05, 0.1) is 5.54 Å². The number of carbonyl (C=O) groups excluding carboxylic acids is 1. The van der Waals surface area contributed by atoms with E-state index >= 15 is 0 Å². The van der Waals surface area contributed by atoms with Gasteiger partial charge in [-0.3, -0.25) is 10.2 Å². The Morgan fingerprint density at radius 1 is 1.35 bits per heavy atom. The first-order chi connectivity index (χ1) is 9.27. The molecule has 108 valence electrons. The first kappa shape index (κ1) is 14.6. The van der Waals surface area contributed by atoms with Crippen molar-refractivity contribution in [2.24, 2.45) is 5.84 Å². The Balaban J connectivity index is 2.59. The van der Waals surface area contributed by atoms with E-state index in [9.17, 15) is 4.79 Å². The number of hydrogen-bond acceptors (Lipinski definition) is 3. The van der Waals surface area contributed by atoms with E-state index in [1.54, 1.807) is 0 Å². The molecule has 1 aromatic rings. The van der Waals surface area contributed by atoms with Crippen molar-refractivity contribution in [3.8, 4) is 0 Å². The zero-order valence-corrected chi connectivity index (χ0v) is 12.8. The summed E-state index contributed by atoms with van der Waals surface area (Å²) in [5, 5.41) is 0. The van der Waals surface area contributed by atoms with Crippen LogP contribution >= 0.6 is 0 Å². The topological polar surface area (TPSA) is 58.4 Å². The number of hydrazine groups is 1. The molecule has 0 saturated carbocycles. The van der Waals surface area contributed by atoms with E-state index in [0.29, 0.717) is 0 Å². The van der Waals surface area contributed by atoms with E-state index in [4.69, 9.17) is 5.84 Å². The number of hydrogen-bond donors (Lipinski definition) is 2. The number of anilines is 1. The molecule has 0 aromatic heterocycles. The fourth-order valence-electron chi connectivity index (χ4n) is 3.11. The number of benzene rings is 1. The second kappa shape index (κ2) is 4.94. The average Bonchev–Trinajstić information content (AvgIpc) is 2.37.